The molecule has 0 aliphatic heterocycles. The van der Waals surface area contributed by atoms with Gasteiger partial charge in [0.05, 0.1) is 18.3 Å². The van der Waals surface area contributed by atoms with Gasteiger partial charge >= 0.3 is 0 Å². The summed E-state index contributed by atoms with van der Waals surface area (Å²) in [4.78, 5) is 0.489. The molecule has 0 saturated heterocycles. The Balaban J connectivity index is 2.23. The second-order valence-corrected chi connectivity index (χ2v) is 5.54. The van der Waals surface area contributed by atoms with Gasteiger partial charge in [-0.3, -0.25) is 0 Å². The van der Waals surface area contributed by atoms with Crippen LogP contribution in [0.5, 0.6) is 0 Å². The van der Waals surface area contributed by atoms with E-state index >= 15 is 0 Å². The fourth-order valence-corrected chi connectivity index (χ4v) is 2.76. The molecule has 90 valence electrons. The van der Waals surface area contributed by atoms with E-state index in [1.807, 2.05) is 0 Å². The van der Waals surface area contributed by atoms with Crippen LogP contribution in [0.3, 0.4) is 0 Å². The normalized spacial score (nSPS) is 32.4. The maximum absolute atomic E-state index is 5.95. The highest BCUT2D eigenvalue weighted by Gasteiger charge is 2.41. The summed E-state index contributed by atoms with van der Waals surface area (Å²) >= 11 is 3.62. The molecule has 1 aliphatic rings. The highest BCUT2D eigenvalue weighted by Crippen LogP contribution is 2.34. The van der Waals surface area contributed by atoms with Crippen LogP contribution in [-0.4, -0.2) is 29.7 Å². The molecule has 3 heteroatoms. The summed E-state index contributed by atoms with van der Waals surface area (Å²) < 4.78 is 11.7. The molecule has 0 radical (unpaired) electrons. The predicted molar refractivity (Wildman–Crippen MR) is 66.6 cm³/mol. The minimum absolute atomic E-state index is 0.268. The monoisotopic (exact) mass is 278 g/mol. The van der Waals surface area contributed by atoms with Gasteiger partial charge in [-0.05, 0) is 26.2 Å². The average Bonchev–Trinajstić information content (AvgIpc) is 2.18. The third kappa shape index (κ3) is 4.04. The molecular weight excluding hydrogens is 256 g/mol. The first-order valence-electron chi connectivity index (χ1n) is 6.10. The van der Waals surface area contributed by atoms with Gasteiger partial charge in [0.2, 0.25) is 0 Å². The lowest BCUT2D eigenvalue weighted by molar-refractivity contribution is -0.142. The van der Waals surface area contributed by atoms with Crippen LogP contribution in [-0.2, 0) is 9.47 Å². The molecule has 0 aromatic heterocycles. The number of ether oxygens (including phenoxy) is 2. The Hall–Kier alpha value is 0.400. The first kappa shape index (κ1) is 13.5. The number of rotatable bonds is 7. The quantitative estimate of drug-likeness (QED) is 0.664. The first-order valence-corrected chi connectivity index (χ1v) is 7.01. The van der Waals surface area contributed by atoms with Crippen LogP contribution in [0.2, 0.25) is 0 Å². The van der Waals surface area contributed by atoms with Gasteiger partial charge in [0.25, 0.3) is 0 Å². The van der Waals surface area contributed by atoms with Gasteiger partial charge in [-0.2, -0.15) is 0 Å². The summed E-state index contributed by atoms with van der Waals surface area (Å²) in [7, 11) is 0. The molecule has 1 rings (SSSR count). The van der Waals surface area contributed by atoms with Crippen molar-refractivity contribution in [2.24, 2.45) is 0 Å². The topological polar surface area (TPSA) is 18.5 Å². The lowest BCUT2D eigenvalue weighted by atomic mass is 9.91. The van der Waals surface area contributed by atoms with Crippen molar-refractivity contribution in [3.05, 3.63) is 0 Å². The first-order chi connectivity index (χ1) is 7.19. The van der Waals surface area contributed by atoms with Crippen molar-refractivity contribution in [2.75, 3.05) is 6.61 Å². The van der Waals surface area contributed by atoms with E-state index in [0.717, 1.165) is 25.9 Å². The Bertz CT molecular complexity index is 175. The Morgan fingerprint density at radius 3 is 2.60 bits per heavy atom. The zero-order chi connectivity index (χ0) is 11.3. The van der Waals surface area contributed by atoms with Crippen LogP contribution in [0, 0.1) is 0 Å². The van der Waals surface area contributed by atoms with E-state index in [0.29, 0.717) is 17.0 Å². The molecule has 1 aliphatic carbocycles. The second-order valence-electron chi connectivity index (χ2n) is 4.36. The number of hydrogen-bond donors (Lipinski definition) is 0. The summed E-state index contributed by atoms with van der Waals surface area (Å²) in [5.74, 6) is 0. The highest BCUT2D eigenvalue weighted by molar-refractivity contribution is 9.09. The van der Waals surface area contributed by atoms with Gasteiger partial charge in [0.1, 0.15) is 0 Å². The van der Waals surface area contributed by atoms with Gasteiger partial charge in [-0.1, -0.05) is 36.2 Å². The maximum Gasteiger partial charge on any atom is 0.0962 e. The Morgan fingerprint density at radius 1 is 1.33 bits per heavy atom. The molecule has 0 heterocycles. The van der Waals surface area contributed by atoms with Crippen LogP contribution in [0.15, 0.2) is 0 Å². The van der Waals surface area contributed by atoms with E-state index in [2.05, 4.69) is 36.7 Å². The van der Waals surface area contributed by atoms with Crippen molar-refractivity contribution in [2.45, 2.75) is 69.6 Å². The molecule has 2 nitrogen and oxygen atoms in total. The van der Waals surface area contributed by atoms with Gasteiger partial charge in [-0.25, -0.2) is 0 Å². The van der Waals surface area contributed by atoms with Crippen LogP contribution < -0.4 is 0 Å². The van der Waals surface area contributed by atoms with E-state index in [-0.39, 0.29) is 6.10 Å². The zero-order valence-corrected chi connectivity index (χ0v) is 11.6. The summed E-state index contributed by atoms with van der Waals surface area (Å²) in [6.07, 6.45) is 5.44. The van der Waals surface area contributed by atoms with Gasteiger partial charge < -0.3 is 9.47 Å². The van der Waals surface area contributed by atoms with E-state index in [1.165, 1.54) is 6.42 Å². The van der Waals surface area contributed by atoms with Crippen molar-refractivity contribution in [3.63, 3.8) is 0 Å². The molecule has 0 amide bonds. The number of alkyl halides is 1. The van der Waals surface area contributed by atoms with Crippen LogP contribution in [0.4, 0.5) is 0 Å². The molecule has 0 N–H and O–H groups in total. The van der Waals surface area contributed by atoms with Crippen molar-refractivity contribution < 1.29 is 9.47 Å². The minimum Gasteiger partial charge on any atom is -0.374 e. The van der Waals surface area contributed by atoms with E-state index in [4.69, 9.17) is 9.47 Å². The Morgan fingerprint density at radius 2 is 2.07 bits per heavy atom. The van der Waals surface area contributed by atoms with Crippen molar-refractivity contribution in [1.29, 1.82) is 0 Å². The number of halogens is 1. The second kappa shape index (κ2) is 6.87. The average molecular weight is 279 g/mol. The van der Waals surface area contributed by atoms with E-state index < -0.39 is 0 Å². The predicted octanol–water partition coefficient (Wildman–Crippen LogP) is 3.52. The summed E-state index contributed by atoms with van der Waals surface area (Å²) in [5, 5.41) is 0. The third-order valence-corrected chi connectivity index (χ3v) is 3.69. The van der Waals surface area contributed by atoms with Gasteiger partial charge in [0.15, 0.2) is 0 Å². The highest BCUT2D eigenvalue weighted by atomic mass is 79.9. The van der Waals surface area contributed by atoms with Crippen LogP contribution in [0.25, 0.3) is 0 Å². The lowest BCUT2D eigenvalue weighted by Crippen LogP contribution is -2.51. The molecule has 1 saturated carbocycles. The minimum atomic E-state index is 0.268. The van der Waals surface area contributed by atoms with Gasteiger partial charge in [0, 0.05) is 11.4 Å². The largest absolute Gasteiger partial charge is 0.374 e. The van der Waals surface area contributed by atoms with Crippen molar-refractivity contribution in [3.8, 4) is 0 Å². The Kier molecular flexibility index (Phi) is 6.17. The molecule has 4 unspecified atom stereocenters. The molecule has 0 aromatic carbocycles. The van der Waals surface area contributed by atoms with Crippen molar-refractivity contribution in [1.82, 2.24) is 0 Å². The summed E-state index contributed by atoms with van der Waals surface area (Å²) in [6, 6.07) is 0. The molecule has 0 bridgehead atoms. The van der Waals surface area contributed by atoms with Crippen LogP contribution >= 0.6 is 15.9 Å². The van der Waals surface area contributed by atoms with Gasteiger partial charge in [-0.15, -0.1) is 0 Å². The maximum atomic E-state index is 5.95. The zero-order valence-electron chi connectivity index (χ0n) is 10.0. The molecule has 0 aromatic rings. The molecule has 15 heavy (non-hydrogen) atoms. The smallest absolute Gasteiger partial charge is 0.0962 e. The fourth-order valence-electron chi connectivity index (χ4n) is 1.90. The summed E-state index contributed by atoms with van der Waals surface area (Å²) in [5.41, 5.74) is 0. The standard InChI is InChI=1S/C12H23BrO2/c1-4-6-9(3)15-11-8-10(13)12(11)14-7-5-2/h9-12H,4-8H2,1-3H3. The molecule has 4 atom stereocenters. The van der Waals surface area contributed by atoms with E-state index in [1.54, 1.807) is 0 Å². The lowest BCUT2D eigenvalue weighted by Gasteiger charge is -2.42. The molecule has 1 fully saturated rings. The molecular formula is C12H23BrO2. The number of hydrogen-bond acceptors (Lipinski definition) is 2. The van der Waals surface area contributed by atoms with E-state index in [9.17, 15) is 0 Å². The molecule has 0 spiro atoms. The third-order valence-electron chi connectivity index (χ3n) is 2.80. The van der Waals surface area contributed by atoms with Crippen LogP contribution in [0.1, 0.15) is 46.5 Å². The Labute approximate surface area is 102 Å². The van der Waals surface area contributed by atoms with Crippen molar-refractivity contribution >= 4 is 15.9 Å². The SMILES string of the molecule is CCCOC1C(Br)CC1OC(C)CCC. The fraction of sp³-hybridized carbons (Fsp3) is 1.00. The summed E-state index contributed by atoms with van der Waals surface area (Å²) in [6.45, 7) is 7.33.